The van der Waals surface area contributed by atoms with Crippen molar-refractivity contribution in [2.45, 2.75) is 31.1 Å². The van der Waals surface area contributed by atoms with Gasteiger partial charge in [0.2, 0.25) is 0 Å². The molecule has 2 aromatic rings. The summed E-state index contributed by atoms with van der Waals surface area (Å²) in [6.45, 7) is 1.85. The number of benzene rings is 1. The van der Waals surface area contributed by atoms with Crippen LogP contribution in [0.15, 0.2) is 24.3 Å². The Morgan fingerprint density at radius 3 is 2.88 bits per heavy atom. The highest BCUT2D eigenvalue weighted by molar-refractivity contribution is 5.93. The van der Waals surface area contributed by atoms with E-state index in [0.29, 0.717) is 38.3 Å². The number of aromatic amines is 1. The number of aryl methyl sites for hydroxylation is 1. The summed E-state index contributed by atoms with van der Waals surface area (Å²) < 4.78 is 19.4. The zero-order valence-corrected chi connectivity index (χ0v) is 13.4. The highest BCUT2D eigenvalue weighted by Crippen LogP contribution is 2.40. The molecule has 1 aromatic carbocycles. The number of hydrogen-bond acceptors (Lipinski definition) is 3. The van der Waals surface area contributed by atoms with Gasteiger partial charge in [0.25, 0.3) is 5.91 Å². The van der Waals surface area contributed by atoms with Crippen LogP contribution in [-0.4, -0.2) is 35.6 Å². The van der Waals surface area contributed by atoms with E-state index in [-0.39, 0.29) is 11.7 Å². The number of nitrogens with zero attached hydrogens (tertiary/aromatic N) is 1. The number of amides is 1. The lowest BCUT2D eigenvalue weighted by Gasteiger charge is -2.36. The van der Waals surface area contributed by atoms with Gasteiger partial charge >= 0.3 is 0 Å². The maximum atomic E-state index is 13.8. The topological polar surface area (TPSA) is 67.0 Å². The second-order valence-electron chi connectivity index (χ2n) is 6.48. The third-order valence-corrected chi connectivity index (χ3v) is 5.06. The third kappa shape index (κ3) is 2.51. The molecule has 5 nitrogen and oxygen atoms in total. The lowest BCUT2D eigenvalue weighted by molar-refractivity contribution is 0.0605. The number of halogens is 1. The number of fused-ring (bicyclic) bond motifs is 1. The van der Waals surface area contributed by atoms with E-state index in [1.807, 2.05) is 6.07 Å². The first kappa shape index (κ1) is 15.3. The molecule has 0 radical (unpaired) electrons. The number of ether oxygens (including phenoxy) is 1. The zero-order chi connectivity index (χ0) is 16.6. The van der Waals surface area contributed by atoms with Crippen molar-refractivity contribution in [1.29, 1.82) is 0 Å². The molecule has 0 atom stereocenters. The van der Waals surface area contributed by atoms with Gasteiger partial charge in [-0.25, -0.2) is 9.37 Å². The molecule has 0 bridgehead atoms. The van der Waals surface area contributed by atoms with E-state index in [2.05, 4.69) is 15.3 Å². The Hall–Kier alpha value is -2.21. The molecule has 1 aromatic heterocycles. The molecule has 3 heterocycles. The van der Waals surface area contributed by atoms with Crippen LogP contribution in [0.25, 0.3) is 0 Å². The molecule has 0 saturated carbocycles. The molecular formula is C18H20FN3O2. The van der Waals surface area contributed by atoms with Gasteiger partial charge < -0.3 is 15.0 Å². The van der Waals surface area contributed by atoms with Gasteiger partial charge in [-0.15, -0.1) is 0 Å². The minimum absolute atomic E-state index is 0.133. The molecule has 4 rings (SSSR count). The van der Waals surface area contributed by atoms with Crippen LogP contribution in [-0.2, 0) is 16.6 Å². The van der Waals surface area contributed by atoms with Crippen LogP contribution in [0, 0.1) is 5.82 Å². The normalized spacial score (nSPS) is 20.1. The van der Waals surface area contributed by atoms with Crippen molar-refractivity contribution in [2.75, 3.05) is 19.8 Å². The Bertz CT molecular complexity index is 765. The Balaban J connectivity index is 1.83. The zero-order valence-electron chi connectivity index (χ0n) is 13.4. The summed E-state index contributed by atoms with van der Waals surface area (Å²) in [5.74, 6) is 0.356. The molecule has 1 saturated heterocycles. The summed E-state index contributed by atoms with van der Waals surface area (Å²) in [7, 11) is 0. The van der Waals surface area contributed by atoms with Crippen molar-refractivity contribution in [1.82, 2.24) is 15.3 Å². The number of rotatable bonds is 2. The largest absolute Gasteiger partial charge is 0.381 e. The Morgan fingerprint density at radius 2 is 2.08 bits per heavy atom. The Labute approximate surface area is 139 Å². The first-order valence-electron chi connectivity index (χ1n) is 8.40. The van der Waals surface area contributed by atoms with E-state index < -0.39 is 5.41 Å². The van der Waals surface area contributed by atoms with Gasteiger partial charge in [0.05, 0.1) is 5.41 Å². The summed E-state index contributed by atoms with van der Waals surface area (Å²) >= 11 is 0. The van der Waals surface area contributed by atoms with Crippen molar-refractivity contribution in [3.8, 4) is 0 Å². The second kappa shape index (κ2) is 6.02. The van der Waals surface area contributed by atoms with Crippen molar-refractivity contribution in [3.63, 3.8) is 0 Å². The molecule has 6 heteroatoms. The molecule has 0 aliphatic carbocycles. The van der Waals surface area contributed by atoms with Crippen molar-refractivity contribution in [3.05, 3.63) is 52.9 Å². The first-order chi connectivity index (χ1) is 11.7. The third-order valence-electron chi connectivity index (χ3n) is 5.06. The highest BCUT2D eigenvalue weighted by Gasteiger charge is 2.40. The first-order valence-corrected chi connectivity index (χ1v) is 8.40. The standard InChI is InChI=1S/C18H20FN3O2/c19-13-4-1-3-12(11-13)18(6-9-24-10-7-18)17-21-14-5-2-8-20-16(23)15(14)22-17/h1,3-4,11H,2,5-10H2,(H,20,23)(H,21,22). The fourth-order valence-corrected chi connectivity index (χ4v) is 3.72. The molecule has 2 N–H and O–H groups in total. The fraction of sp³-hybridized carbons (Fsp3) is 0.444. The van der Waals surface area contributed by atoms with E-state index in [9.17, 15) is 9.18 Å². The number of imidazole rings is 1. The summed E-state index contributed by atoms with van der Waals surface area (Å²) in [5.41, 5.74) is 1.80. The van der Waals surface area contributed by atoms with Crippen molar-refractivity contribution >= 4 is 5.91 Å². The van der Waals surface area contributed by atoms with Crippen LogP contribution >= 0.6 is 0 Å². The van der Waals surface area contributed by atoms with Crippen molar-refractivity contribution in [2.24, 2.45) is 0 Å². The maximum absolute atomic E-state index is 13.8. The predicted molar refractivity (Wildman–Crippen MR) is 86.5 cm³/mol. The van der Waals surface area contributed by atoms with Gasteiger partial charge in [-0.2, -0.15) is 0 Å². The van der Waals surface area contributed by atoms with Crippen LogP contribution < -0.4 is 5.32 Å². The number of nitrogens with one attached hydrogen (secondary N) is 2. The lowest BCUT2D eigenvalue weighted by atomic mass is 9.73. The summed E-state index contributed by atoms with van der Waals surface area (Å²) in [5, 5.41) is 2.87. The van der Waals surface area contributed by atoms with Crippen LogP contribution in [0.3, 0.4) is 0 Å². The number of aromatic nitrogens is 2. The van der Waals surface area contributed by atoms with Gasteiger partial charge in [0, 0.05) is 25.5 Å². The monoisotopic (exact) mass is 329 g/mol. The molecule has 0 unspecified atom stereocenters. The molecule has 1 fully saturated rings. The van der Waals surface area contributed by atoms with E-state index in [0.717, 1.165) is 29.9 Å². The van der Waals surface area contributed by atoms with Crippen molar-refractivity contribution < 1.29 is 13.9 Å². The van der Waals surface area contributed by atoms with Gasteiger partial charge in [0.15, 0.2) is 0 Å². The fourth-order valence-electron chi connectivity index (χ4n) is 3.72. The molecule has 24 heavy (non-hydrogen) atoms. The predicted octanol–water partition coefficient (Wildman–Crippen LogP) is 2.32. The van der Waals surface area contributed by atoms with Crippen LogP contribution in [0.2, 0.25) is 0 Å². The van der Waals surface area contributed by atoms with E-state index in [1.165, 1.54) is 6.07 Å². The molecular weight excluding hydrogens is 309 g/mol. The second-order valence-corrected chi connectivity index (χ2v) is 6.48. The smallest absolute Gasteiger partial charge is 0.271 e. The van der Waals surface area contributed by atoms with Crippen LogP contribution in [0.1, 0.15) is 46.8 Å². The Kier molecular flexibility index (Phi) is 3.84. The molecule has 0 spiro atoms. The van der Waals surface area contributed by atoms with Crippen LogP contribution in [0.5, 0.6) is 0 Å². The van der Waals surface area contributed by atoms with E-state index >= 15 is 0 Å². The quantitative estimate of drug-likeness (QED) is 0.888. The average Bonchev–Trinajstić information content (AvgIpc) is 2.96. The SMILES string of the molecule is O=C1NCCCc2[nH]c(C3(c4cccc(F)c4)CCOCC3)nc21. The lowest BCUT2D eigenvalue weighted by Crippen LogP contribution is -2.36. The maximum Gasteiger partial charge on any atom is 0.271 e. The number of carbonyl (C=O) groups excluding carboxylic acids is 1. The van der Waals surface area contributed by atoms with Gasteiger partial charge in [-0.05, 0) is 43.4 Å². The van der Waals surface area contributed by atoms with Crippen LogP contribution in [0.4, 0.5) is 4.39 Å². The summed E-state index contributed by atoms with van der Waals surface area (Å²) in [6.07, 6.45) is 3.10. The average molecular weight is 329 g/mol. The van der Waals surface area contributed by atoms with Gasteiger partial charge in [0.1, 0.15) is 17.3 Å². The van der Waals surface area contributed by atoms with E-state index in [1.54, 1.807) is 12.1 Å². The number of carbonyl (C=O) groups is 1. The van der Waals surface area contributed by atoms with Gasteiger partial charge in [-0.1, -0.05) is 12.1 Å². The number of hydrogen-bond donors (Lipinski definition) is 2. The Morgan fingerprint density at radius 1 is 1.25 bits per heavy atom. The molecule has 126 valence electrons. The minimum Gasteiger partial charge on any atom is -0.381 e. The molecule has 2 aliphatic rings. The van der Waals surface area contributed by atoms with E-state index in [4.69, 9.17) is 4.74 Å². The highest BCUT2D eigenvalue weighted by atomic mass is 19.1. The number of H-pyrrole nitrogens is 1. The molecule has 1 amide bonds. The molecule has 2 aliphatic heterocycles. The summed E-state index contributed by atoms with van der Waals surface area (Å²) in [4.78, 5) is 20.2. The minimum atomic E-state index is -0.438. The summed E-state index contributed by atoms with van der Waals surface area (Å²) in [6, 6.07) is 6.67. The van der Waals surface area contributed by atoms with Gasteiger partial charge in [-0.3, -0.25) is 4.79 Å².